The number of aromatic nitrogens is 2. The van der Waals surface area contributed by atoms with Crippen molar-refractivity contribution in [2.45, 2.75) is 26.8 Å². The predicted molar refractivity (Wildman–Crippen MR) is 79.8 cm³/mol. The molecule has 0 unspecified atom stereocenters. The van der Waals surface area contributed by atoms with Gasteiger partial charge in [0.25, 0.3) is 0 Å². The van der Waals surface area contributed by atoms with Crippen molar-refractivity contribution in [2.24, 2.45) is 0 Å². The number of aryl methyl sites for hydroxylation is 1. The SMILES string of the molecule is CCNCc1cnc(C)cc1OCCc1ccccn1. The molecule has 0 saturated carbocycles. The minimum atomic E-state index is 0.625. The molecule has 0 amide bonds. The van der Waals surface area contributed by atoms with E-state index in [-0.39, 0.29) is 0 Å². The Labute approximate surface area is 120 Å². The number of ether oxygens (including phenoxy) is 1. The molecule has 0 aliphatic carbocycles. The molecule has 20 heavy (non-hydrogen) atoms. The quantitative estimate of drug-likeness (QED) is 0.840. The van der Waals surface area contributed by atoms with E-state index in [1.165, 1.54) is 0 Å². The summed E-state index contributed by atoms with van der Waals surface area (Å²) >= 11 is 0. The van der Waals surface area contributed by atoms with Crippen molar-refractivity contribution in [3.63, 3.8) is 0 Å². The van der Waals surface area contributed by atoms with Gasteiger partial charge in [-0.3, -0.25) is 9.97 Å². The number of rotatable bonds is 7. The molecule has 0 aliphatic rings. The molecule has 2 heterocycles. The largest absolute Gasteiger partial charge is 0.493 e. The Hall–Kier alpha value is -1.94. The van der Waals surface area contributed by atoms with Crippen LogP contribution in [0.4, 0.5) is 0 Å². The monoisotopic (exact) mass is 271 g/mol. The predicted octanol–water partition coefficient (Wildman–Crippen LogP) is 2.52. The van der Waals surface area contributed by atoms with Gasteiger partial charge in [0.2, 0.25) is 0 Å². The summed E-state index contributed by atoms with van der Waals surface area (Å²) in [5.41, 5.74) is 3.11. The molecule has 0 fully saturated rings. The maximum Gasteiger partial charge on any atom is 0.127 e. The lowest BCUT2D eigenvalue weighted by Crippen LogP contribution is -2.14. The first-order valence-electron chi connectivity index (χ1n) is 6.98. The summed E-state index contributed by atoms with van der Waals surface area (Å²) in [7, 11) is 0. The molecule has 2 rings (SSSR count). The summed E-state index contributed by atoms with van der Waals surface area (Å²) in [4.78, 5) is 8.62. The van der Waals surface area contributed by atoms with Crippen LogP contribution in [0, 0.1) is 6.92 Å². The van der Waals surface area contributed by atoms with Crippen molar-refractivity contribution in [2.75, 3.05) is 13.2 Å². The molecule has 0 aromatic carbocycles. The summed E-state index contributed by atoms with van der Waals surface area (Å²) in [5, 5.41) is 3.30. The fourth-order valence-corrected chi connectivity index (χ4v) is 1.90. The van der Waals surface area contributed by atoms with E-state index in [0.717, 1.165) is 42.2 Å². The van der Waals surface area contributed by atoms with Crippen LogP contribution in [0.2, 0.25) is 0 Å². The molecule has 0 saturated heterocycles. The molecule has 0 aliphatic heterocycles. The van der Waals surface area contributed by atoms with Crippen LogP contribution in [0.15, 0.2) is 36.7 Å². The topological polar surface area (TPSA) is 47.0 Å². The number of nitrogens with zero attached hydrogens (tertiary/aromatic N) is 2. The highest BCUT2D eigenvalue weighted by Gasteiger charge is 2.05. The Bertz CT molecular complexity index is 529. The lowest BCUT2D eigenvalue weighted by Gasteiger charge is -2.12. The summed E-state index contributed by atoms with van der Waals surface area (Å²) in [6.07, 6.45) is 4.50. The zero-order valence-corrected chi connectivity index (χ0v) is 12.1. The molecule has 2 aromatic heterocycles. The first kappa shape index (κ1) is 14.5. The lowest BCUT2D eigenvalue weighted by atomic mass is 10.2. The maximum absolute atomic E-state index is 5.90. The molecule has 0 spiro atoms. The Morgan fingerprint density at radius 2 is 2.15 bits per heavy atom. The van der Waals surface area contributed by atoms with Crippen LogP contribution < -0.4 is 10.1 Å². The van der Waals surface area contributed by atoms with Gasteiger partial charge in [0, 0.05) is 48.4 Å². The third-order valence-electron chi connectivity index (χ3n) is 2.99. The second-order valence-electron chi connectivity index (χ2n) is 4.63. The van der Waals surface area contributed by atoms with Crippen molar-refractivity contribution in [1.82, 2.24) is 15.3 Å². The summed E-state index contributed by atoms with van der Waals surface area (Å²) < 4.78 is 5.90. The van der Waals surface area contributed by atoms with Gasteiger partial charge in [-0.05, 0) is 25.6 Å². The Morgan fingerprint density at radius 1 is 1.25 bits per heavy atom. The van der Waals surface area contributed by atoms with Gasteiger partial charge < -0.3 is 10.1 Å². The molecule has 2 aromatic rings. The van der Waals surface area contributed by atoms with Crippen molar-refractivity contribution in [3.05, 3.63) is 53.6 Å². The Kier molecular flexibility index (Phi) is 5.50. The van der Waals surface area contributed by atoms with E-state index in [1.54, 1.807) is 0 Å². The van der Waals surface area contributed by atoms with Crippen LogP contribution in [0.5, 0.6) is 5.75 Å². The van der Waals surface area contributed by atoms with Crippen LogP contribution in [-0.4, -0.2) is 23.1 Å². The first-order chi connectivity index (χ1) is 9.79. The molecule has 0 atom stereocenters. The van der Waals surface area contributed by atoms with E-state index >= 15 is 0 Å². The Morgan fingerprint density at radius 3 is 2.90 bits per heavy atom. The molecule has 4 heteroatoms. The highest BCUT2D eigenvalue weighted by atomic mass is 16.5. The van der Waals surface area contributed by atoms with E-state index in [1.807, 2.05) is 43.6 Å². The average Bonchev–Trinajstić information content (AvgIpc) is 2.47. The fourth-order valence-electron chi connectivity index (χ4n) is 1.90. The van der Waals surface area contributed by atoms with Gasteiger partial charge >= 0.3 is 0 Å². The number of nitrogens with one attached hydrogen (secondary N) is 1. The van der Waals surface area contributed by atoms with Gasteiger partial charge in [0.15, 0.2) is 0 Å². The van der Waals surface area contributed by atoms with E-state index in [2.05, 4.69) is 22.2 Å². The smallest absolute Gasteiger partial charge is 0.127 e. The molecular formula is C16H21N3O. The van der Waals surface area contributed by atoms with Crippen molar-refractivity contribution in [1.29, 1.82) is 0 Å². The van der Waals surface area contributed by atoms with Crippen molar-refractivity contribution >= 4 is 0 Å². The van der Waals surface area contributed by atoms with Gasteiger partial charge in [-0.25, -0.2) is 0 Å². The lowest BCUT2D eigenvalue weighted by molar-refractivity contribution is 0.315. The van der Waals surface area contributed by atoms with E-state index in [4.69, 9.17) is 4.74 Å². The van der Waals surface area contributed by atoms with Crippen LogP contribution in [-0.2, 0) is 13.0 Å². The zero-order valence-electron chi connectivity index (χ0n) is 12.1. The van der Waals surface area contributed by atoms with E-state index in [0.29, 0.717) is 6.61 Å². The standard InChI is InChI=1S/C16H21N3O/c1-3-17-11-14-12-19-13(2)10-16(14)20-9-7-15-6-4-5-8-18-15/h4-6,8,10,12,17H,3,7,9,11H2,1-2H3. The van der Waals surface area contributed by atoms with Crippen LogP contribution in [0.25, 0.3) is 0 Å². The number of hydrogen-bond donors (Lipinski definition) is 1. The second kappa shape index (κ2) is 7.60. The van der Waals surface area contributed by atoms with Crippen molar-refractivity contribution < 1.29 is 4.74 Å². The van der Waals surface area contributed by atoms with E-state index in [9.17, 15) is 0 Å². The van der Waals surface area contributed by atoms with Gasteiger partial charge in [0.1, 0.15) is 5.75 Å². The minimum absolute atomic E-state index is 0.625. The van der Waals surface area contributed by atoms with Gasteiger partial charge in [-0.15, -0.1) is 0 Å². The molecule has 106 valence electrons. The van der Waals surface area contributed by atoms with Crippen LogP contribution >= 0.6 is 0 Å². The summed E-state index contributed by atoms with van der Waals surface area (Å²) in [6.45, 7) is 6.40. The third kappa shape index (κ3) is 4.31. The normalized spacial score (nSPS) is 10.5. The Balaban J connectivity index is 1.95. The fraction of sp³-hybridized carbons (Fsp3) is 0.375. The minimum Gasteiger partial charge on any atom is -0.493 e. The zero-order chi connectivity index (χ0) is 14.2. The summed E-state index contributed by atoms with van der Waals surface area (Å²) in [5.74, 6) is 0.911. The average molecular weight is 271 g/mol. The highest BCUT2D eigenvalue weighted by molar-refractivity contribution is 5.32. The van der Waals surface area contributed by atoms with Crippen molar-refractivity contribution in [3.8, 4) is 5.75 Å². The summed E-state index contributed by atoms with van der Waals surface area (Å²) in [6, 6.07) is 7.92. The maximum atomic E-state index is 5.90. The molecule has 4 nitrogen and oxygen atoms in total. The van der Waals surface area contributed by atoms with E-state index < -0.39 is 0 Å². The van der Waals surface area contributed by atoms with Crippen LogP contribution in [0.3, 0.4) is 0 Å². The third-order valence-corrected chi connectivity index (χ3v) is 2.99. The number of pyridine rings is 2. The highest BCUT2D eigenvalue weighted by Crippen LogP contribution is 2.18. The molecule has 1 N–H and O–H groups in total. The van der Waals surface area contributed by atoms with Gasteiger partial charge in [0.05, 0.1) is 6.61 Å². The van der Waals surface area contributed by atoms with Gasteiger partial charge in [-0.1, -0.05) is 13.0 Å². The van der Waals surface area contributed by atoms with Crippen LogP contribution in [0.1, 0.15) is 23.9 Å². The molecule has 0 radical (unpaired) electrons. The number of hydrogen-bond acceptors (Lipinski definition) is 4. The first-order valence-corrected chi connectivity index (χ1v) is 6.98. The second-order valence-corrected chi connectivity index (χ2v) is 4.63. The van der Waals surface area contributed by atoms with Gasteiger partial charge in [-0.2, -0.15) is 0 Å². The molecule has 0 bridgehead atoms. The molecular weight excluding hydrogens is 250 g/mol.